The molecular formula is C23H26N6OS. The second kappa shape index (κ2) is 10.3. The van der Waals surface area contributed by atoms with Gasteiger partial charge in [0.25, 0.3) is 5.91 Å². The molecule has 7 nitrogen and oxygen atoms in total. The number of rotatable bonds is 7. The Morgan fingerprint density at radius 2 is 1.97 bits per heavy atom. The van der Waals surface area contributed by atoms with Crippen LogP contribution in [0.15, 0.2) is 58.9 Å². The molecule has 0 unspecified atom stereocenters. The van der Waals surface area contributed by atoms with Crippen molar-refractivity contribution in [2.45, 2.75) is 50.2 Å². The number of hydrogen-bond donors (Lipinski definition) is 1. The van der Waals surface area contributed by atoms with E-state index in [1.807, 2.05) is 18.2 Å². The quantitative estimate of drug-likeness (QED) is 0.338. The maximum Gasteiger partial charge on any atom is 0.250 e. The normalized spacial score (nSPS) is 14.7. The Morgan fingerprint density at radius 1 is 1.16 bits per heavy atom. The minimum Gasteiger partial charge on any atom is -0.299 e. The van der Waals surface area contributed by atoms with Crippen molar-refractivity contribution in [1.29, 1.82) is 0 Å². The highest BCUT2D eigenvalue weighted by atomic mass is 32.2. The fourth-order valence-corrected chi connectivity index (χ4v) is 4.53. The van der Waals surface area contributed by atoms with Gasteiger partial charge in [-0.25, -0.2) is 5.43 Å². The molecule has 160 valence electrons. The molecule has 1 aliphatic rings. The number of carbonyl (C=O) groups excluding carboxylic acids is 1. The molecule has 0 bridgehead atoms. The summed E-state index contributed by atoms with van der Waals surface area (Å²) in [5.41, 5.74) is 5.52. The van der Waals surface area contributed by atoms with Gasteiger partial charge in [0, 0.05) is 17.8 Å². The van der Waals surface area contributed by atoms with Crippen molar-refractivity contribution in [2.75, 3.05) is 5.75 Å². The first-order chi connectivity index (χ1) is 15.2. The van der Waals surface area contributed by atoms with Crippen LogP contribution < -0.4 is 5.43 Å². The molecule has 3 aromatic rings. The first-order valence-electron chi connectivity index (χ1n) is 10.6. The molecule has 8 heteroatoms. The van der Waals surface area contributed by atoms with Gasteiger partial charge in [-0.1, -0.05) is 66.9 Å². The lowest BCUT2D eigenvalue weighted by Gasteiger charge is -2.25. The zero-order chi connectivity index (χ0) is 21.5. The smallest absolute Gasteiger partial charge is 0.250 e. The lowest BCUT2D eigenvalue weighted by molar-refractivity contribution is -0.118. The maximum absolute atomic E-state index is 12.3. The number of amides is 1. The molecule has 1 aliphatic carbocycles. The highest BCUT2D eigenvalue weighted by molar-refractivity contribution is 7.99. The summed E-state index contributed by atoms with van der Waals surface area (Å²) < 4.78 is 2.24. The van der Waals surface area contributed by atoms with Crippen LogP contribution in [0.5, 0.6) is 0 Å². The topological polar surface area (TPSA) is 85.1 Å². The van der Waals surface area contributed by atoms with Crippen LogP contribution >= 0.6 is 11.8 Å². The minimum absolute atomic E-state index is 0.188. The van der Waals surface area contributed by atoms with Crippen LogP contribution in [0.25, 0.3) is 11.4 Å². The third-order valence-electron chi connectivity index (χ3n) is 5.32. The molecule has 4 rings (SSSR count). The van der Waals surface area contributed by atoms with Crippen LogP contribution in [0.1, 0.15) is 49.4 Å². The monoisotopic (exact) mass is 434 g/mol. The van der Waals surface area contributed by atoms with Gasteiger partial charge in [-0.3, -0.25) is 14.3 Å². The van der Waals surface area contributed by atoms with E-state index in [4.69, 9.17) is 0 Å². The molecule has 2 heterocycles. The molecule has 1 fully saturated rings. The summed E-state index contributed by atoms with van der Waals surface area (Å²) in [5.74, 6) is 0.911. The second-order valence-electron chi connectivity index (χ2n) is 7.67. The Labute approximate surface area is 186 Å². The second-order valence-corrected chi connectivity index (χ2v) is 8.61. The Hall–Kier alpha value is -3.00. The fourth-order valence-electron chi connectivity index (χ4n) is 3.73. The predicted octanol–water partition coefficient (Wildman–Crippen LogP) is 4.40. The SMILES string of the molecule is Cc1ccc(-c2nnc(SCC(=O)N/N=C/c3ccccn3)n2C2CCCCC2)cc1. The van der Waals surface area contributed by atoms with Gasteiger partial charge in [0.1, 0.15) is 0 Å². The standard InChI is InChI=1S/C23H26N6OS/c1-17-10-12-18(13-11-17)22-27-28-23(29(22)20-8-3-2-4-9-20)31-16-21(30)26-25-15-19-7-5-6-14-24-19/h5-7,10-15,20H,2-4,8-9,16H2,1H3,(H,26,30)/b25-15+. The van der Waals surface area contributed by atoms with E-state index >= 15 is 0 Å². The van der Waals surface area contributed by atoms with Crippen molar-refractivity contribution in [3.05, 3.63) is 59.9 Å². The van der Waals surface area contributed by atoms with Crippen LogP contribution in [0, 0.1) is 6.92 Å². The van der Waals surface area contributed by atoms with E-state index in [0.717, 1.165) is 29.4 Å². The number of thioether (sulfide) groups is 1. The molecule has 2 aromatic heterocycles. The molecule has 0 atom stereocenters. The molecule has 1 amide bonds. The van der Waals surface area contributed by atoms with Crippen molar-refractivity contribution in [2.24, 2.45) is 5.10 Å². The van der Waals surface area contributed by atoms with Crippen molar-refractivity contribution >= 4 is 23.9 Å². The summed E-state index contributed by atoms with van der Waals surface area (Å²) in [5, 5.41) is 13.7. The number of pyridine rings is 1. The number of nitrogens with one attached hydrogen (secondary N) is 1. The van der Waals surface area contributed by atoms with Crippen LogP contribution in [-0.2, 0) is 4.79 Å². The lowest BCUT2D eigenvalue weighted by Crippen LogP contribution is -2.20. The van der Waals surface area contributed by atoms with Crippen LogP contribution in [0.2, 0.25) is 0 Å². The fraction of sp³-hybridized carbons (Fsp3) is 0.348. The Balaban J connectivity index is 1.46. The van der Waals surface area contributed by atoms with E-state index in [1.54, 1.807) is 6.20 Å². The number of aromatic nitrogens is 4. The van der Waals surface area contributed by atoms with Gasteiger partial charge in [-0.05, 0) is 31.9 Å². The number of hydrazone groups is 1. The third kappa shape index (κ3) is 5.58. The molecule has 0 aliphatic heterocycles. The number of benzene rings is 1. The average molecular weight is 435 g/mol. The largest absolute Gasteiger partial charge is 0.299 e. The highest BCUT2D eigenvalue weighted by Gasteiger charge is 2.24. The molecule has 1 saturated carbocycles. The van der Waals surface area contributed by atoms with E-state index in [-0.39, 0.29) is 11.7 Å². The average Bonchev–Trinajstić information content (AvgIpc) is 3.23. The summed E-state index contributed by atoms with van der Waals surface area (Å²) in [6.45, 7) is 2.08. The van der Waals surface area contributed by atoms with Crippen molar-refractivity contribution in [1.82, 2.24) is 25.2 Å². The molecular weight excluding hydrogens is 408 g/mol. The summed E-state index contributed by atoms with van der Waals surface area (Å²) in [7, 11) is 0. The summed E-state index contributed by atoms with van der Waals surface area (Å²) in [6, 6.07) is 14.3. The van der Waals surface area contributed by atoms with Crippen molar-refractivity contribution in [3.8, 4) is 11.4 Å². The Bertz CT molecular complexity index is 1030. The number of aryl methyl sites for hydroxylation is 1. The summed E-state index contributed by atoms with van der Waals surface area (Å²) >= 11 is 1.40. The van der Waals surface area contributed by atoms with E-state index in [9.17, 15) is 4.79 Å². The van der Waals surface area contributed by atoms with Crippen LogP contribution in [-0.4, -0.2) is 37.6 Å². The molecule has 1 aromatic carbocycles. The first-order valence-corrected chi connectivity index (χ1v) is 11.6. The van der Waals surface area contributed by atoms with Crippen LogP contribution in [0.3, 0.4) is 0 Å². The van der Waals surface area contributed by atoms with E-state index in [0.29, 0.717) is 11.7 Å². The Kier molecular flexibility index (Phi) is 7.09. The van der Waals surface area contributed by atoms with Gasteiger partial charge >= 0.3 is 0 Å². The minimum atomic E-state index is -0.188. The molecule has 0 spiro atoms. The van der Waals surface area contributed by atoms with Gasteiger partial charge in [-0.15, -0.1) is 10.2 Å². The predicted molar refractivity (Wildman–Crippen MR) is 123 cm³/mol. The van der Waals surface area contributed by atoms with Gasteiger partial charge in [-0.2, -0.15) is 5.10 Å². The number of hydrogen-bond acceptors (Lipinski definition) is 6. The highest BCUT2D eigenvalue weighted by Crippen LogP contribution is 2.35. The van der Waals surface area contributed by atoms with Gasteiger partial charge < -0.3 is 0 Å². The zero-order valence-electron chi connectivity index (χ0n) is 17.6. The van der Waals surface area contributed by atoms with E-state index in [2.05, 4.69) is 61.5 Å². The zero-order valence-corrected chi connectivity index (χ0v) is 18.4. The van der Waals surface area contributed by atoms with Crippen molar-refractivity contribution in [3.63, 3.8) is 0 Å². The van der Waals surface area contributed by atoms with E-state index in [1.165, 1.54) is 42.8 Å². The van der Waals surface area contributed by atoms with E-state index < -0.39 is 0 Å². The first kappa shape index (κ1) is 21.2. The van der Waals surface area contributed by atoms with Crippen molar-refractivity contribution < 1.29 is 4.79 Å². The number of carbonyl (C=O) groups is 1. The summed E-state index contributed by atoms with van der Waals surface area (Å²) in [6.07, 6.45) is 9.14. The summed E-state index contributed by atoms with van der Waals surface area (Å²) in [4.78, 5) is 16.4. The maximum atomic E-state index is 12.3. The lowest BCUT2D eigenvalue weighted by atomic mass is 9.95. The Morgan fingerprint density at radius 3 is 2.71 bits per heavy atom. The molecule has 31 heavy (non-hydrogen) atoms. The number of nitrogens with zero attached hydrogens (tertiary/aromatic N) is 5. The third-order valence-corrected chi connectivity index (χ3v) is 6.26. The molecule has 0 saturated heterocycles. The molecule has 1 N–H and O–H groups in total. The molecule has 0 radical (unpaired) electrons. The van der Waals surface area contributed by atoms with Gasteiger partial charge in [0.2, 0.25) is 0 Å². The van der Waals surface area contributed by atoms with Gasteiger partial charge in [0.15, 0.2) is 11.0 Å². The van der Waals surface area contributed by atoms with Gasteiger partial charge in [0.05, 0.1) is 17.7 Å². The van der Waals surface area contributed by atoms with Crippen LogP contribution in [0.4, 0.5) is 0 Å².